The van der Waals surface area contributed by atoms with Crippen molar-refractivity contribution in [1.82, 2.24) is 10.6 Å². The van der Waals surface area contributed by atoms with Crippen LogP contribution in [0.5, 0.6) is 0 Å². The lowest BCUT2D eigenvalue weighted by Gasteiger charge is -2.09. The Balaban J connectivity index is 2.48. The summed E-state index contributed by atoms with van der Waals surface area (Å²) >= 11 is 0. The first-order valence-electron chi connectivity index (χ1n) is 6.40. The molecule has 6 heteroatoms. The number of ether oxygens (including phenoxy) is 1. The van der Waals surface area contributed by atoms with E-state index in [1.807, 2.05) is 26.1 Å². The number of benzene rings is 1. The number of carbonyl (C=O) groups is 2. The van der Waals surface area contributed by atoms with Gasteiger partial charge in [-0.1, -0.05) is 0 Å². The van der Waals surface area contributed by atoms with Crippen molar-refractivity contribution in [2.75, 3.05) is 39.2 Å². The average molecular weight is 279 g/mol. The summed E-state index contributed by atoms with van der Waals surface area (Å²) in [5.74, 6) is -0.494. The highest BCUT2D eigenvalue weighted by atomic mass is 16.5. The lowest BCUT2D eigenvalue weighted by molar-refractivity contribution is -0.120. The minimum atomic E-state index is -0.257. The van der Waals surface area contributed by atoms with E-state index in [0.717, 1.165) is 11.3 Å². The normalized spacial score (nSPS) is 9.95. The molecule has 0 saturated heterocycles. The van der Waals surface area contributed by atoms with Gasteiger partial charge in [0.1, 0.15) is 0 Å². The van der Waals surface area contributed by atoms with E-state index in [1.54, 1.807) is 13.2 Å². The summed E-state index contributed by atoms with van der Waals surface area (Å²) in [6.45, 7) is 2.69. The molecule has 1 rings (SSSR count). The molecule has 20 heavy (non-hydrogen) atoms. The number of hydrogen-bond acceptors (Lipinski definition) is 4. The molecule has 0 unspecified atom stereocenters. The number of carbonyl (C=O) groups excluding carboxylic acids is 2. The van der Waals surface area contributed by atoms with Gasteiger partial charge in [0.2, 0.25) is 5.91 Å². The van der Waals surface area contributed by atoms with Gasteiger partial charge < -0.3 is 20.7 Å². The van der Waals surface area contributed by atoms with Gasteiger partial charge in [0.05, 0.1) is 13.2 Å². The molecule has 6 nitrogen and oxygen atoms in total. The number of amides is 2. The second kappa shape index (κ2) is 8.16. The van der Waals surface area contributed by atoms with E-state index in [2.05, 4.69) is 16.0 Å². The van der Waals surface area contributed by atoms with Gasteiger partial charge in [-0.3, -0.25) is 9.59 Å². The first-order chi connectivity index (χ1) is 9.58. The zero-order chi connectivity index (χ0) is 15.0. The molecule has 0 saturated carbocycles. The van der Waals surface area contributed by atoms with Gasteiger partial charge in [0, 0.05) is 32.0 Å². The van der Waals surface area contributed by atoms with E-state index in [1.165, 1.54) is 0 Å². The summed E-state index contributed by atoms with van der Waals surface area (Å²) in [5, 5.41) is 8.23. The quantitative estimate of drug-likeness (QED) is 0.636. The van der Waals surface area contributed by atoms with Crippen molar-refractivity contribution < 1.29 is 14.3 Å². The van der Waals surface area contributed by atoms with Crippen LogP contribution in [0.2, 0.25) is 0 Å². The maximum absolute atomic E-state index is 12.0. The number of aryl methyl sites for hydroxylation is 1. The second-order valence-corrected chi connectivity index (χ2v) is 4.31. The van der Waals surface area contributed by atoms with Gasteiger partial charge in [0.25, 0.3) is 5.91 Å². The van der Waals surface area contributed by atoms with Gasteiger partial charge in [-0.25, -0.2) is 0 Å². The lowest BCUT2D eigenvalue weighted by atomic mass is 10.1. The van der Waals surface area contributed by atoms with Crippen LogP contribution >= 0.6 is 0 Å². The number of anilines is 1. The molecule has 0 fully saturated rings. The fourth-order valence-corrected chi connectivity index (χ4v) is 1.68. The van der Waals surface area contributed by atoms with Gasteiger partial charge in [-0.05, 0) is 30.7 Å². The molecule has 0 bridgehead atoms. The molecule has 1 aromatic carbocycles. The van der Waals surface area contributed by atoms with E-state index >= 15 is 0 Å². The molecule has 0 atom stereocenters. The third-order valence-corrected chi connectivity index (χ3v) is 2.80. The summed E-state index contributed by atoms with van der Waals surface area (Å²) in [6.07, 6.45) is 0. The molecule has 0 aliphatic carbocycles. The minimum absolute atomic E-state index is 0.0459. The fraction of sp³-hybridized carbons (Fsp3) is 0.429. The molecule has 0 radical (unpaired) electrons. The Labute approximate surface area is 118 Å². The topological polar surface area (TPSA) is 79.5 Å². The highest BCUT2D eigenvalue weighted by Gasteiger charge is 2.10. The summed E-state index contributed by atoms with van der Waals surface area (Å²) in [7, 11) is 3.38. The summed E-state index contributed by atoms with van der Waals surface area (Å²) < 4.78 is 4.82. The standard InChI is InChI=1S/C14H21N3O3/c1-10-8-11(15-2)4-5-12(10)14(19)17-9-13(18)16-6-7-20-3/h4-5,8,15H,6-7,9H2,1-3H3,(H,16,18)(H,17,19). The van der Waals surface area contributed by atoms with E-state index in [-0.39, 0.29) is 18.4 Å². The first-order valence-corrected chi connectivity index (χ1v) is 6.40. The fourth-order valence-electron chi connectivity index (χ4n) is 1.68. The molecule has 1 aromatic rings. The summed E-state index contributed by atoms with van der Waals surface area (Å²) in [6, 6.07) is 5.44. The van der Waals surface area contributed by atoms with Gasteiger partial charge in [-0.15, -0.1) is 0 Å². The van der Waals surface area contributed by atoms with Crippen LogP contribution in [0.25, 0.3) is 0 Å². The molecule has 0 aromatic heterocycles. The lowest BCUT2D eigenvalue weighted by Crippen LogP contribution is -2.38. The Bertz CT molecular complexity index is 475. The highest BCUT2D eigenvalue weighted by Crippen LogP contribution is 2.14. The van der Waals surface area contributed by atoms with Crippen LogP contribution in [0.1, 0.15) is 15.9 Å². The smallest absolute Gasteiger partial charge is 0.251 e. The van der Waals surface area contributed by atoms with Gasteiger partial charge in [0.15, 0.2) is 0 Å². The highest BCUT2D eigenvalue weighted by molar-refractivity contribution is 5.98. The van der Waals surface area contributed by atoms with Crippen molar-refractivity contribution in [3.05, 3.63) is 29.3 Å². The van der Waals surface area contributed by atoms with E-state index in [0.29, 0.717) is 18.7 Å². The molecule has 2 amide bonds. The molecular formula is C14H21N3O3. The largest absolute Gasteiger partial charge is 0.388 e. The second-order valence-electron chi connectivity index (χ2n) is 4.31. The first kappa shape index (κ1) is 16.0. The predicted octanol–water partition coefficient (Wildman–Crippen LogP) is 0.529. The zero-order valence-electron chi connectivity index (χ0n) is 12.1. The Morgan fingerprint density at radius 1 is 1.25 bits per heavy atom. The van der Waals surface area contributed by atoms with Crippen molar-refractivity contribution in [1.29, 1.82) is 0 Å². The van der Waals surface area contributed by atoms with Crippen molar-refractivity contribution in [2.45, 2.75) is 6.92 Å². The van der Waals surface area contributed by atoms with E-state index in [4.69, 9.17) is 4.74 Å². The zero-order valence-corrected chi connectivity index (χ0v) is 12.1. The van der Waals surface area contributed by atoms with Gasteiger partial charge >= 0.3 is 0 Å². The summed E-state index contributed by atoms with van der Waals surface area (Å²) in [4.78, 5) is 23.4. The van der Waals surface area contributed by atoms with Crippen molar-refractivity contribution >= 4 is 17.5 Å². The number of nitrogens with one attached hydrogen (secondary N) is 3. The Kier molecular flexibility index (Phi) is 6.52. The minimum Gasteiger partial charge on any atom is -0.388 e. The molecule has 0 heterocycles. The Morgan fingerprint density at radius 3 is 2.60 bits per heavy atom. The van der Waals surface area contributed by atoms with Crippen LogP contribution < -0.4 is 16.0 Å². The molecular weight excluding hydrogens is 258 g/mol. The van der Waals surface area contributed by atoms with E-state index < -0.39 is 0 Å². The third-order valence-electron chi connectivity index (χ3n) is 2.80. The third kappa shape index (κ3) is 4.89. The van der Waals surface area contributed by atoms with Crippen LogP contribution in [0.15, 0.2) is 18.2 Å². The van der Waals surface area contributed by atoms with Crippen LogP contribution in [0.3, 0.4) is 0 Å². The number of rotatable bonds is 7. The Morgan fingerprint density at radius 2 is 2.00 bits per heavy atom. The number of methoxy groups -OCH3 is 1. The summed E-state index contributed by atoms with van der Waals surface area (Å²) in [5.41, 5.74) is 2.36. The molecule has 0 aliphatic heterocycles. The average Bonchev–Trinajstić information content (AvgIpc) is 2.44. The SMILES string of the molecule is CNc1ccc(C(=O)NCC(=O)NCCOC)c(C)c1. The molecule has 3 N–H and O–H groups in total. The maximum atomic E-state index is 12.0. The van der Waals surface area contributed by atoms with Crippen LogP contribution in [-0.4, -0.2) is 45.7 Å². The van der Waals surface area contributed by atoms with Crippen LogP contribution in [0.4, 0.5) is 5.69 Å². The van der Waals surface area contributed by atoms with E-state index in [9.17, 15) is 9.59 Å². The molecule has 0 aliphatic rings. The van der Waals surface area contributed by atoms with Gasteiger partial charge in [-0.2, -0.15) is 0 Å². The Hall–Kier alpha value is -2.08. The number of hydrogen-bond donors (Lipinski definition) is 3. The monoisotopic (exact) mass is 279 g/mol. The molecule has 0 spiro atoms. The maximum Gasteiger partial charge on any atom is 0.251 e. The predicted molar refractivity (Wildman–Crippen MR) is 77.9 cm³/mol. The van der Waals surface area contributed by atoms with Crippen LogP contribution in [-0.2, 0) is 9.53 Å². The van der Waals surface area contributed by atoms with Crippen molar-refractivity contribution in [2.24, 2.45) is 0 Å². The molecule has 110 valence electrons. The van der Waals surface area contributed by atoms with Crippen molar-refractivity contribution in [3.63, 3.8) is 0 Å². The van der Waals surface area contributed by atoms with Crippen molar-refractivity contribution in [3.8, 4) is 0 Å². The van der Waals surface area contributed by atoms with Crippen LogP contribution in [0, 0.1) is 6.92 Å².